The first-order valence-electron chi connectivity index (χ1n) is 11.2. The zero-order valence-corrected chi connectivity index (χ0v) is 20.3. The largest absolute Gasteiger partial charge is 0.478 e. The van der Waals surface area contributed by atoms with Crippen molar-refractivity contribution in [3.63, 3.8) is 0 Å². The van der Waals surface area contributed by atoms with Gasteiger partial charge in [-0.25, -0.2) is 9.48 Å². The molecular weight excluding hydrogens is 519 g/mol. The van der Waals surface area contributed by atoms with Gasteiger partial charge in [0.2, 0.25) is 0 Å². The molecule has 38 heavy (non-hydrogen) atoms. The van der Waals surface area contributed by atoms with Crippen molar-refractivity contribution < 1.29 is 27.9 Å². The second kappa shape index (κ2) is 10.1. The van der Waals surface area contributed by atoms with Gasteiger partial charge in [-0.1, -0.05) is 29.5 Å². The molecule has 0 spiro atoms. The molecule has 192 valence electrons. The number of aromatic carboxylic acids is 1. The normalized spacial score (nSPS) is 11.6. The molecule has 8 nitrogen and oxygen atoms in total. The lowest BCUT2D eigenvalue weighted by Gasteiger charge is -2.11. The van der Waals surface area contributed by atoms with Gasteiger partial charge in [0.25, 0.3) is 5.91 Å². The number of aromatic nitrogens is 4. The highest BCUT2D eigenvalue weighted by molar-refractivity contribution is 7.03. The summed E-state index contributed by atoms with van der Waals surface area (Å²) in [5, 5.41) is 22.1. The van der Waals surface area contributed by atoms with E-state index in [0.717, 1.165) is 12.1 Å². The van der Waals surface area contributed by atoms with E-state index in [-0.39, 0.29) is 24.2 Å². The number of fused-ring (bicyclic) bond motifs is 1. The minimum atomic E-state index is -4.44. The smallest absolute Gasteiger partial charge is 0.416 e. The van der Waals surface area contributed by atoms with Crippen molar-refractivity contribution >= 4 is 34.4 Å². The SMILES string of the molecule is O=C(O)c1ccc(CNC(=O)c2cc(-c3ccsn3)cc3nnn(Cc4ccc(C(F)(F)F)cc4)c23)cc1. The summed E-state index contributed by atoms with van der Waals surface area (Å²) in [6.45, 7) is 0.239. The lowest BCUT2D eigenvalue weighted by Crippen LogP contribution is -2.24. The van der Waals surface area contributed by atoms with E-state index in [1.165, 1.54) is 40.5 Å². The van der Waals surface area contributed by atoms with Gasteiger partial charge < -0.3 is 10.4 Å². The highest BCUT2D eigenvalue weighted by Gasteiger charge is 2.30. The second-order valence-electron chi connectivity index (χ2n) is 8.40. The zero-order valence-electron chi connectivity index (χ0n) is 19.4. The van der Waals surface area contributed by atoms with Gasteiger partial charge in [-0.3, -0.25) is 4.79 Å². The molecule has 0 radical (unpaired) electrons. The minimum absolute atomic E-state index is 0.0988. The molecule has 2 aromatic heterocycles. The van der Waals surface area contributed by atoms with Crippen molar-refractivity contribution in [2.24, 2.45) is 0 Å². The van der Waals surface area contributed by atoms with Gasteiger partial charge in [0, 0.05) is 17.5 Å². The number of hydrogen-bond acceptors (Lipinski definition) is 6. The molecule has 0 bridgehead atoms. The molecule has 3 aromatic carbocycles. The van der Waals surface area contributed by atoms with Gasteiger partial charge in [-0.05, 0) is 65.1 Å². The van der Waals surface area contributed by atoms with Crippen LogP contribution in [-0.4, -0.2) is 36.4 Å². The predicted molar refractivity (Wildman–Crippen MR) is 134 cm³/mol. The van der Waals surface area contributed by atoms with Crippen LogP contribution >= 0.6 is 11.5 Å². The number of halogens is 3. The van der Waals surface area contributed by atoms with E-state index in [2.05, 4.69) is 20.0 Å². The Morgan fingerprint density at radius 2 is 1.68 bits per heavy atom. The number of benzene rings is 3. The zero-order chi connectivity index (χ0) is 26.9. The molecule has 5 rings (SSSR count). The average molecular weight is 538 g/mol. The summed E-state index contributed by atoms with van der Waals surface area (Å²) in [4.78, 5) is 24.4. The van der Waals surface area contributed by atoms with E-state index < -0.39 is 23.6 Å². The lowest BCUT2D eigenvalue weighted by molar-refractivity contribution is -0.137. The van der Waals surface area contributed by atoms with Gasteiger partial charge in [0.05, 0.1) is 28.9 Å². The van der Waals surface area contributed by atoms with Crippen LogP contribution in [0.3, 0.4) is 0 Å². The number of carbonyl (C=O) groups is 2. The number of hydrogen-bond donors (Lipinski definition) is 2. The number of carboxylic acid groups (broad SMARTS) is 1. The third-order valence-electron chi connectivity index (χ3n) is 5.85. The number of alkyl halides is 3. The minimum Gasteiger partial charge on any atom is -0.478 e. The Hall–Kier alpha value is -4.58. The molecule has 2 heterocycles. The summed E-state index contributed by atoms with van der Waals surface area (Å²) in [5.41, 5.74) is 3.07. The Bertz CT molecular complexity index is 1610. The molecule has 0 aliphatic rings. The molecule has 12 heteroatoms. The third-order valence-corrected chi connectivity index (χ3v) is 6.41. The summed E-state index contributed by atoms with van der Waals surface area (Å²) < 4.78 is 44.6. The van der Waals surface area contributed by atoms with E-state index in [1.54, 1.807) is 24.3 Å². The second-order valence-corrected chi connectivity index (χ2v) is 9.07. The molecule has 2 N–H and O–H groups in total. The molecule has 0 fully saturated rings. The van der Waals surface area contributed by atoms with Crippen molar-refractivity contribution in [1.29, 1.82) is 0 Å². The topological polar surface area (TPSA) is 110 Å². The van der Waals surface area contributed by atoms with Crippen molar-refractivity contribution in [2.75, 3.05) is 0 Å². The molecule has 1 amide bonds. The maximum absolute atomic E-state index is 13.4. The van der Waals surface area contributed by atoms with Crippen molar-refractivity contribution in [3.8, 4) is 11.3 Å². The number of nitrogens with one attached hydrogen (secondary N) is 1. The molecule has 0 saturated carbocycles. The predicted octanol–water partition coefficient (Wildman–Crippen LogP) is 5.25. The molecule has 0 saturated heterocycles. The lowest BCUT2D eigenvalue weighted by atomic mass is 10.0. The summed E-state index contributed by atoms with van der Waals surface area (Å²) in [6, 6.07) is 16.1. The number of carbonyl (C=O) groups excluding carboxylic acids is 1. The van der Waals surface area contributed by atoms with Crippen LogP contribution in [0.1, 0.15) is 37.4 Å². The number of carboxylic acids is 1. The summed E-state index contributed by atoms with van der Waals surface area (Å²) >= 11 is 1.26. The van der Waals surface area contributed by atoms with Crippen molar-refractivity contribution in [2.45, 2.75) is 19.3 Å². The van der Waals surface area contributed by atoms with Crippen LogP contribution in [0.15, 0.2) is 72.1 Å². The number of amides is 1. The molecule has 5 aromatic rings. The van der Waals surface area contributed by atoms with Crippen LogP contribution in [0.2, 0.25) is 0 Å². The first-order valence-corrected chi connectivity index (χ1v) is 12.1. The first-order chi connectivity index (χ1) is 18.2. The van der Waals surface area contributed by atoms with Crippen LogP contribution in [-0.2, 0) is 19.3 Å². The Kier molecular flexibility index (Phi) is 6.64. The average Bonchev–Trinajstić information content (AvgIpc) is 3.57. The molecule has 0 aliphatic carbocycles. The van der Waals surface area contributed by atoms with Crippen LogP contribution < -0.4 is 5.32 Å². The van der Waals surface area contributed by atoms with Gasteiger partial charge in [-0.2, -0.15) is 17.5 Å². The van der Waals surface area contributed by atoms with E-state index in [1.807, 2.05) is 11.4 Å². The third kappa shape index (κ3) is 5.25. The van der Waals surface area contributed by atoms with Crippen LogP contribution in [0.4, 0.5) is 13.2 Å². The Morgan fingerprint density at radius 3 is 2.32 bits per heavy atom. The van der Waals surface area contributed by atoms with Crippen LogP contribution in [0, 0.1) is 0 Å². The van der Waals surface area contributed by atoms with E-state index in [0.29, 0.717) is 33.4 Å². The molecule has 0 atom stereocenters. The van der Waals surface area contributed by atoms with E-state index in [4.69, 9.17) is 5.11 Å². The van der Waals surface area contributed by atoms with Gasteiger partial charge in [0.1, 0.15) is 11.0 Å². The molecule has 0 aliphatic heterocycles. The van der Waals surface area contributed by atoms with Gasteiger partial charge in [0.15, 0.2) is 0 Å². The highest BCUT2D eigenvalue weighted by Crippen LogP contribution is 2.30. The maximum Gasteiger partial charge on any atom is 0.416 e. The fraction of sp³-hybridized carbons (Fsp3) is 0.115. The Labute approximate surface area is 217 Å². The molecule has 0 unspecified atom stereocenters. The number of rotatable bonds is 7. The van der Waals surface area contributed by atoms with Crippen molar-refractivity contribution in [3.05, 3.63) is 99.9 Å². The molecular formula is C26H18F3N5O3S. The first kappa shape index (κ1) is 25.1. The van der Waals surface area contributed by atoms with Crippen molar-refractivity contribution in [1.82, 2.24) is 24.7 Å². The van der Waals surface area contributed by atoms with Crippen LogP contribution in [0.5, 0.6) is 0 Å². The quantitative estimate of drug-likeness (QED) is 0.294. The van der Waals surface area contributed by atoms with E-state index in [9.17, 15) is 22.8 Å². The van der Waals surface area contributed by atoms with E-state index >= 15 is 0 Å². The summed E-state index contributed by atoms with van der Waals surface area (Å²) in [6.07, 6.45) is -4.44. The fourth-order valence-corrected chi connectivity index (χ4v) is 4.45. The standard InChI is InChI=1S/C26H18F3N5O3S/c27-26(28,29)19-7-3-16(4-8-19)14-34-23-20(11-18(12-22(23)31-33-34)21-9-10-38-32-21)24(35)30-13-15-1-5-17(6-2-15)25(36)37/h1-12H,13-14H2,(H,30,35)(H,36,37). The fourth-order valence-electron chi connectivity index (χ4n) is 3.92. The Balaban J connectivity index is 1.47. The van der Waals surface area contributed by atoms with Crippen LogP contribution in [0.25, 0.3) is 22.3 Å². The summed E-state index contributed by atoms with van der Waals surface area (Å²) in [7, 11) is 0. The van der Waals surface area contributed by atoms with Gasteiger partial charge in [-0.15, -0.1) is 5.10 Å². The highest BCUT2D eigenvalue weighted by atomic mass is 32.1. The Morgan fingerprint density at radius 1 is 0.974 bits per heavy atom. The monoisotopic (exact) mass is 537 g/mol. The van der Waals surface area contributed by atoms with Gasteiger partial charge >= 0.3 is 12.1 Å². The summed E-state index contributed by atoms with van der Waals surface area (Å²) in [5.74, 6) is -1.47. The maximum atomic E-state index is 13.4. The number of nitrogens with zero attached hydrogens (tertiary/aromatic N) is 4.